The van der Waals surface area contributed by atoms with Crippen LogP contribution in [0.4, 0.5) is 0 Å². The summed E-state index contributed by atoms with van der Waals surface area (Å²) in [5.74, 6) is 1.39. The number of hydrogen-bond acceptors (Lipinski definition) is 2. The standard InChI is InChI=1S/C15H17NO/c1-16-15(12-7-8-17-10-12)14-9-13(14)11-5-3-2-4-6-11/h2-8,10,13-16H,9H2,1H3. The van der Waals surface area contributed by atoms with Crippen LogP contribution in [0.15, 0.2) is 53.3 Å². The van der Waals surface area contributed by atoms with Crippen molar-refractivity contribution in [3.8, 4) is 0 Å². The van der Waals surface area contributed by atoms with E-state index >= 15 is 0 Å². The van der Waals surface area contributed by atoms with Gasteiger partial charge >= 0.3 is 0 Å². The predicted molar refractivity (Wildman–Crippen MR) is 67.8 cm³/mol. The first-order valence-corrected chi connectivity index (χ1v) is 6.14. The molecule has 0 saturated heterocycles. The average molecular weight is 227 g/mol. The fraction of sp³-hybridized carbons (Fsp3) is 0.333. The molecule has 0 radical (unpaired) electrons. The van der Waals surface area contributed by atoms with Crippen LogP contribution in [-0.4, -0.2) is 7.05 Å². The maximum atomic E-state index is 5.18. The fourth-order valence-electron chi connectivity index (χ4n) is 2.75. The van der Waals surface area contributed by atoms with Gasteiger partial charge in [-0.05, 0) is 36.9 Å². The third-order valence-corrected chi connectivity index (χ3v) is 3.71. The van der Waals surface area contributed by atoms with Gasteiger partial charge in [-0.2, -0.15) is 0 Å². The molecule has 17 heavy (non-hydrogen) atoms. The Balaban J connectivity index is 1.75. The van der Waals surface area contributed by atoms with Gasteiger partial charge in [0.25, 0.3) is 0 Å². The van der Waals surface area contributed by atoms with Crippen molar-refractivity contribution in [2.75, 3.05) is 7.05 Å². The van der Waals surface area contributed by atoms with Crippen molar-refractivity contribution >= 4 is 0 Å². The third-order valence-electron chi connectivity index (χ3n) is 3.71. The second-order valence-electron chi connectivity index (χ2n) is 4.74. The highest BCUT2D eigenvalue weighted by molar-refractivity contribution is 5.29. The van der Waals surface area contributed by atoms with Crippen LogP contribution in [0.1, 0.15) is 29.5 Å². The van der Waals surface area contributed by atoms with Crippen LogP contribution in [0.3, 0.4) is 0 Å². The molecule has 88 valence electrons. The zero-order valence-corrected chi connectivity index (χ0v) is 9.97. The minimum atomic E-state index is 0.416. The van der Waals surface area contributed by atoms with E-state index in [2.05, 4.69) is 41.7 Å². The molecule has 1 aromatic carbocycles. The van der Waals surface area contributed by atoms with Crippen LogP contribution in [-0.2, 0) is 0 Å². The van der Waals surface area contributed by atoms with E-state index in [0.29, 0.717) is 17.9 Å². The van der Waals surface area contributed by atoms with E-state index in [9.17, 15) is 0 Å². The molecule has 2 nitrogen and oxygen atoms in total. The van der Waals surface area contributed by atoms with E-state index < -0.39 is 0 Å². The van der Waals surface area contributed by atoms with Crippen LogP contribution in [0.2, 0.25) is 0 Å². The number of nitrogens with one attached hydrogen (secondary N) is 1. The Morgan fingerprint density at radius 1 is 1.24 bits per heavy atom. The molecule has 0 bridgehead atoms. The second-order valence-corrected chi connectivity index (χ2v) is 4.74. The third kappa shape index (κ3) is 2.01. The molecule has 1 aromatic heterocycles. The minimum Gasteiger partial charge on any atom is -0.472 e. The van der Waals surface area contributed by atoms with Crippen molar-refractivity contribution < 1.29 is 4.42 Å². The predicted octanol–water partition coefficient (Wildman–Crippen LogP) is 3.34. The number of rotatable bonds is 4. The van der Waals surface area contributed by atoms with Gasteiger partial charge in [0.2, 0.25) is 0 Å². The van der Waals surface area contributed by atoms with E-state index in [4.69, 9.17) is 4.42 Å². The van der Waals surface area contributed by atoms with Gasteiger partial charge in [0.1, 0.15) is 0 Å². The quantitative estimate of drug-likeness (QED) is 0.866. The summed E-state index contributed by atoms with van der Waals surface area (Å²) in [4.78, 5) is 0. The lowest BCUT2D eigenvalue weighted by Crippen LogP contribution is -2.18. The fourth-order valence-corrected chi connectivity index (χ4v) is 2.75. The molecule has 1 aliphatic carbocycles. The van der Waals surface area contributed by atoms with Crippen molar-refractivity contribution in [3.63, 3.8) is 0 Å². The van der Waals surface area contributed by atoms with Crippen molar-refractivity contribution in [3.05, 3.63) is 60.1 Å². The second kappa shape index (κ2) is 4.38. The molecule has 2 aromatic rings. The number of benzene rings is 1. The van der Waals surface area contributed by atoms with Crippen LogP contribution in [0, 0.1) is 5.92 Å². The molecule has 1 fully saturated rings. The summed E-state index contributed by atoms with van der Waals surface area (Å²) in [5, 5.41) is 3.41. The maximum absolute atomic E-state index is 5.18. The molecule has 2 heteroatoms. The van der Waals surface area contributed by atoms with E-state index in [0.717, 1.165) is 0 Å². The van der Waals surface area contributed by atoms with Crippen molar-refractivity contribution in [2.24, 2.45) is 5.92 Å². The highest BCUT2D eigenvalue weighted by Crippen LogP contribution is 2.53. The van der Waals surface area contributed by atoms with E-state index in [1.807, 2.05) is 13.3 Å². The zero-order chi connectivity index (χ0) is 11.7. The number of furan rings is 1. The van der Waals surface area contributed by atoms with Gasteiger partial charge in [0, 0.05) is 11.6 Å². The lowest BCUT2D eigenvalue weighted by atomic mass is 10.0. The van der Waals surface area contributed by atoms with Crippen LogP contribution < -0.4 is 5.32 Å². The molecule has 1 saturated carbocycles. The van der Waals surface area contributed by atoms with Gasteiger partial charge in [-0.1, -0.05) is 30.3 Å². The van der Waals surface area contributed by atoms with Crippen LogP contribution >= 0.6 is 0 Å². The van der Waals surface area contributed by atoms with Crippen LogP contribution in [0.25, 0.3) is 0 Å². The number of hydrogen-bond donors (Lipinski definition) is 1. The first-order chi connectivity index (χ1) is 8.40. The molecule has 0 amide bonds. The van der Waals surface area contributed by atoms with E-state index in [-0.39, 0.29) is 0 Å². The molecular weight excluding hydrogens is 210 g/mol. The average Bonchev–Trinajstić information content (AvgIpc) is 2.97. The summed E-state index contributed by atoms with van der Waals surface area (Å²) < 4.78 is 5.18. The Morgan fingerprint density at radius 3 is 2.71 bits per heavy atom. The van der Waals surface area contributed by atoms with Crippen molar-refractivity contribution in [1.82, 2.24) is 5.32 Å². The van der Waals surface area contributed by atoms with Crippen molar-refractivity contribution in [2.45, 2.75) is 18.4 Å². The molecular formula is C15H17NO. The van der Waals surface area contributed by atoms with Gasteiger partial charge in [0.05, 0.1) is 12.5 Å². The smallest absolute Gasteiger partial charge is 0.0950 e. The van der Waals surface area contributed by atoms with Gasteiger partial charge < -0.3 is 9.73 Å². The summed E-state index contributed by atoms with van der Waals surface area (Å²) in [6.45, 7) is 0. The molecule has 1 aliphatic rings. The SMILES string of the molecule is CNC(c1ccoc1)C1CC1c1ccccc1. The van der Waals surface area contributed by atoms with E-state index in [1.165, 1.54) is 17.5 Å². The monoisotopic (exact) mass is 227 g/mol. The Hall–Kier alpha value is -1.54. The highest BCUT2D eigenvalue weighted by Gasteiger charge is 2.43. The molecule has 0 aliphatic heterocycles. The molecule has 3 unspecified atom stereocenters. The lowest BCUT2D eigenvalue weighted by molar-refractivity contribution is 0.502. The summed E-state index contributed by atoms with van der Waals surface area (Å²) in [6.07, 6.45) is 4.86. The van der Waals surface area contributed by atoms with Gasteiger partial charge in [-0.25, -0.2) is 0 Å². The van der Waals surface area contributed by atoms with Gasteiger partial charge in [0.15, 0.2) is 0 Å². The Morgan fingerprint density at radius 2 is 2.06 bits per heavy atom. The van der Waals surface area contributed by atoms with E-state index in [1.54, 1.807) is 6.26 Å². The van der Waals surface area contributed by atoms with Crippen LogP contribution in [0.5, 0.6) is 0 Å². The zero-order valence-electron chi connectivity index (χ0n) is 9.97. The minimum absolute atomic E-state index is 0.416. The lowest BCUT2D eigenvalue weighted by Gasteiger charge is -2.14. The summed E-state index contributed by atoms with van der Waals surface area (Å²) in [7, 11) is 2.03. The van der Waals surface area contributed by atoms with Crippen molar-refractivity contribution in [1.29, 1.82) is 0 Å². The maximum Gasteiger partial charge on any atom is 0.0950 e. The largest absolute Gasteiger partial charge is 0.472 e. The summed E-state index contributed by atoms with van der Waals surface area (Å²) in [6, 6.07) is 13.3. The normalized spacial score (nSPS) is 24.5. The molecule has 3 atom stereocenters. The highest BCUT2D eigenvalue weighted by atomic mass is 16.3. The molecule has 1 N–H and O–H groups in total. The topological polar surface area (TPSA) is 25.2 Å². The first-order valence-electron chi connectivity index (χ1n) is 6.14. The Kier molecular flexibility index (Phi) is 2.73. The first kappa shape index (κ1) is 10.6. The Labute approximate surface area is 102 Å². The molecule has 3 rings (SSSR count). The molecule has 1 heterocycles. The van der Waals surface area contributed by atoms with Gasteiger partial charge in [-0.3, -0.25) is 0 Å². The summed E-state index contributed by atoms with van der Waals surface area (Å²) in [5.41, 5.74) is 2.72. The molecule has 0 spiro atoms. The van der Waals surface area contributed by atoms with Gasteiger partial charge in [-0.15, -0.1) is 0 Å². The summed E-state index contributed by atoms with van der Waals surface area (Å²) >= 11 is 0. The Bertz CT molecular complexity index is 463.